The Morgan fingerprint density at radius 2 is 2.22 bits per heavy atom. The number of anilines is 1. The highest BCUT2D eigenvalue weighted by Gasteiger charge is 2.08. The number of aromatic nitrogens is 1. The Kier molecular flexibility index (Phi) is 4.29. The molecule has 0 aromatic carbocycles. The standard InChI is InChI=1S/C11H11BrN4OS/c12-9-5-4-7(18-9)6-14-11(17)8-2-1-3-10(15-8)16-13/h1-5H,6,13H2,(H,14,17)(H,15,16). The second kappa shape index (κ2) is 5.94. The highest BCUT2D eigenvalue weighted by Crippen LogP contribution is 2.21. The van der Waals surface area contributed by atoms with Gasteiger partial charge in [0.1, 0.15) is 11.5 Å². The zero-order valence-corrected chi connectivity index (χ0v) is 11.7. The maximum atomic E-state index is 11.8. The number of pyridine rings is 1. The number of carbonyl (C=O) groups is 1. The Balaban J connectivity index is 1.99. The van der Waals surface area contributed by atoms with Crippen molar-refractivity contribution in [3.8, 4) is 0 Å². The maximum absolute atomic E-state index is 11.8. The van der Waals surface area contributed by atoms with E-state index in [0.717, 1.165) is 8.66 Å². The van der Waals surface area contributed by atoms with E-state index in [0.29, 0.717) is 18.1 Å². The van der Waals surface area contributed by atoms with Gasteiger partial charge in [-0.2, -0.15) is 0 Å². The van der Waals surface area contributed by atoms with Crippen LogP contribution >= 0.6 is 27.3 Å². The van der Waals surface area contributed by atoms with Crippen LogP contribution in [0.2, 0.25) is 0 Å². The third-order valence-electron chi connectivity index (χ3n) is 2.18. The van der Waals surface area contributed by atoms with Gasteiger partial charge in [-0.05, 0) is 40.2 Å². The SMILES string of the molecule is NNc1cccc(C(=O)NCc2ccc(Br)s2)n1. The number of rotatable bonds is 4. The fourth-order valence-electron chi connectivity index (χ4n) is 1.35. The van der Waals surface area contributed by atoms with Crippen molar-refractivity contribution in [2.75, 3.05) is 5.43 Å². The molecule has 0 spiro atoms. The summed E-state index contributed by atoms with van der Waals surface area (Å²) in [6.07, 6.45) is 0. The molecule has 0 fully saturated rings. The molecule has 0 bridgehead atoms. The molecule has 0 aliphatic carbocycles. The Hall–Kier alpha value is -1.44. The summed E-state index contributed by atoms with van der Waals surface area (Å²) in [6, 6.07) is 8.95. The van der Waals surface area contributed by atoms with Crippen LogP contribution in [0.5, 0.6) is 0 Å². The predicted octanol–water partition coefficient (Wildman–Crippen LogP) is 2.12. The largest absolute Gasteiger partial charge is 0.346 e. The fraction of sp³-hybridized carbons (Fsp3) is 0.0909. The van der Waals surface area contributed by atoms with Crippen molar-refractivity contribution in [3.05, 3.63) is 44.7 Å². The average molecular weight is 327 g/mol. The minimum atomic E-state index is -0.225. The predicted molar refractivity (Wildman–Crippen MR) is 75.2 cm³/mol. The van der Waals surface area contributed by atoms with Gasteiger partial charge in [0.25, 0.3) is 5.91 Å². The quantitative estimate of drug-likeness (QED) is 0.594. The first-order valence-corrected chi connectivity index (χ1v) is 6.76. The van der Waals surface area contributed by atoms with Gasteiger partial charge in [-0.25, -0.2) is 10.8 Å². The highest BCUT2D eigenvalue weighted by atomic mass is 79.9. The molecule has 5 nitrogen and oxygen atoms in total. The molecular formula is C11H11BrN4OS. The Morgan fingerprint density at radius 1 is 1.39 bits per heavy atom. The highest BCUT2D eigenvalue weighted by molar-refractivity contribution is 9.11. The second-order valence-electron chi connectivity index (χ2n) is 3.44. The molecule has 7 heteroatoms. The molecule has 0 saturated heterocycles. The monoisotopic (exact) mass is 326 g/mol. The Labute approximate surface area is 117 Å². The molecule has 0 saturated carbocycles. The third kappa shape index (κ3) is 3.28. The lowest BCUT2D eigenvalue weighted by Gasteiger charge is -2.04. The first-order chi connectivity index (χ1) is 8.69. The molecule has 0 atom stereocenters. The molecule has 2 aromatic heterocycles. The molecular weight excluding hydrogens is 316 g/mol. The van der Waals surface area contributed by atoms with Gasteiger partial charge in [-0.1, -0.05) is 6.07 Å². The first kappa shape index (κ1) is 13.0. The summed E-state index contributed by atoms with van der Waals surface area (Å²) in [7, 11) is 0. The van der Waals surface area contributed by atoms with Crippen molar-refractivity contribution in [1.82, 2.24) is 10.3 Å². The molecule has 0 aliphatic rings. The van der Waals surface area contributed by atoms with E-state index in [1.165, 1.54) is 0 Å². The lowest BCUT2D eigenvalue weighted by Crippen LogP contribution is -2.24. The number of carbonyl (C=O) groups excluding carboxylic acids is 1. The van der Waals surface area contributed by atoms with Gasteiger partial charge < -0.3 is 10.7 Å². The molecule has 0 unspecified atom stereocenters. The number of hydrazine groups is 1. The lowest BCUT2D eigenvalue weighted by atomic mass is 10.3. The Morgan fingerprint density at radius 3 is 2.89 bits per heavy atom. The van der Waals surface area contributed by atoms with Crippen molar-refractivity contribution in [1.29, 1.82) is 0 Å². The van der Waals surface area contributed by atoms with Gasteiger partial charge in [0, 0.05) is 4.88 Å². The van der Waals surface area contributed by atoms with Crippen LogP contribution in [0.4, 0.5) is 5.82 Å². The van der Waals surface area contributed by atoms with E-state index >= 15 is 0 Å². The van der Waals surface area contributed by atoms with Crippen molar-refractivity contribution in [2.45, 2.75) is 6.54 Å². The zero-order chi connectivity index (χ0) is 13.0. The molecule has 94 valence electrons. The van der Waals surface area contributed by atoms with Crippen LogP contribution in [0.15, 0.2) is 34.1 Å². The number of hydrogen-bond acceptors (Lipinski definition) is 5. The van der Waals surface area contributed by atoms with Crippen LogP contribution in [-0.4, -0.2) is 10.9 Å². The van der Waals surface area contributed by atoms with Crippen molar-refractivity contribution >= 4 is 39.0 Å². The number of nitrogens with zero attached hydrogens (tertiary/aromatic N) is 1. The first-order valence-electron chi connectivity index (χ1n) is 5.15. The molecule has 18 heavy (non-hydrogen) atoms. The van der Waals surface area contributed by atoms with Gasteiger partial charge in [-0.15, -0.1) is 11.3 Å². The number of hydrogen-bond donors (Lipinski definition) is 3. The van der Waals surface area contributed by atoms with Crippen LogP contribution in [0.1, 0.15) is 15.4 Å². The van der Waals surface area contributed by atoms with Crippen LogP contribution < -0.4 is 16.6 Å². The summed E-state index contributed by atoms with van der Waals surface area (Å²) >= 11 is 4.96. The van der Waals surface area contributed by atoms with Crippen molar-refractivity contribution in [2.24, 2.45) is 5.84 Å². The van der Waals surface area contributed by atoms with E-state index in [4.69, 9.17) is 5.84 Å². The Bertz CT molecular complexity index is 557. The summed E-state index contributed by atoms with van der Waals surface area (Å²) in [4.78, 5) is 17.0. The van der Waals surface area contributed by atoms with Gasteiger partial charge in [0.2, 0.25) is 0 Å². The van der Waals surface area contributed by atoms with Gasteiger partial charge in [-0.3, -0.25) is 4.79 Å². The van der Waals surface area contributed by atoms with Crippen LogP contribution in [-0.2, 0) is 6.54 Å². The molecule has 2 heterocycles. The van der Waals surface area contributed by atoms with Gasteiger partial charge >= 0.3 is 0 Å². The minimum absolute atomic E-state index is 0.225. The number of nitrogen functional groups attached to an aromatic ring is 1. The number of nitrogens with one attached hydrogen (secondary N) is 2. The minimum Gasteiger partial charge on any atom is -0.346 e. The lowest BCUT2D eigenvalue weighted by molar-refractivity contribution is 0.0946. The number of amides is 1. The molecule has 1 amide bonds. The molecule has 0 radical (unpaired) electrons. The normalized spacial score (nSPS) is 10.1. The molecule has 2 rings (SSSR count). The summed E-state index contributed by atoms with van der Waals surface area (Å²) in [5.74, 6) is 5.47. The number of nitrogens with two attached hydrogens (primary N) is 1. The number of thiophene rings is 1. The van der Waals surface area contributed by atoms with Gasteiger partial charge in [0.15, 0.2) is 0 Å². The van der Waals surface area contributed by atoms with E-state index in [1.54, 1.807) is 29.5 Å². The van der Waals surface area contributed by atoms with Crippen LogP contribution in [0.25, 0.3) is 0 Å². The summed E-state index contributed by atoms with van der Waals surface area (Å²) in [5.41, 5.74) is 2.74. The fourth-order valence-corrected chi connectivity index (χ4v) is 2.77. The second-order valence-corrected chi connectivity index (χ2v) is 5.99. The summed E-state index contributed by atoms with van der Waals surface area (Å²) in [5, 5.41) is 2.80. The molecule has 4 N–H and O–H groups in total. The van der Waals surface area contributed by atoms with Gasteiger partial charge in [0.05, 0.1) is 10.3 Å². The van der Waals surface area contributed by atoms with E-state index in [9.17, 15) is 4.79 Å². The molecule has 0 aliphatic heterocycles. The van der Waals surface area contributed by atoms with E-state index in [2.05, 4.69) is 31.7 Å². The number of halogens is 1. The van der Waals surface area contributed by atoms with E-state index < -0.39 is 0 Å². The maximum Gasteiger partial charge on any atom is 0.270 e. The summed E-state index contributed by atoms with van der Waals surface area (Å²) in [6.45, 7) is 0.483. The van der Waals surface area contributed by atoms with Crippen LogP contribution in [0, 0.1) is 0 Å². The van der Waals surface area contributed by atoms with Crippen molar-refractivity contribution in [3.63, 3.8) is 0 Å². The average Bonchev–Trinajstić information content (AvgIpc) is 2.82. The van der Waals surface area contributed by atoms with E-state index in [1.807, 2.05) is 12.1 Å². The van der Waals surface area contributed by atoms with Crippen LogP contribution in [0.3, 0.4) is 0 Å². The smallest absolute Gasteiger partial charge is 0.270 e. The van der Waals surface area contributed by atoms with Crippen molar-refractivity contribution < 1.29 is 4.79 Å². The topological polar surface area (TPSA) is 80.0 Å². The third-order valence-corrected chi connectivity index (χ3v) is 3.81. The van der Waals surface area contributed by atoms with E-state index in [-0.39, 0.29) is 5.91 Å². The molecule has 2 aromatic rings. The zero-order valence-electron chi connectivity index (χ0n) is 9.31. The summed E-state index contributed by atoms with van der Waals surface area (Å²) < 4.78 is 1.04.